The maximum Gasteiger partial charge on any atom is 0.346 e. The molecule has 0 saturated carbocycles. The summed E-state index contributed by atoms with van der Waals surface area (Å²) in [5, 5.41) is 9.38. The number of hydrogen-bond acceptors (Lipinski definition) is 4. The third kappa shape index (κ3) is 1.73. The summed E-state index contributed by atoms with van der Waals surface area (Å²) in [6.45, 7) is 5.08. The van der Waals surface area contributed by atoms with E-state index in [0.717, 1.165) is 16.2 Å². The lowest BCUT2D eigenvalue weighted by Crippen LogP contribution is -2.29. The zero-order valence-corrected chi connectivity index (χ0v) is 11.1. The van der Waals surface area contributed by atoms with Gasteiger partial charge in [0.1, 0.15) is 9.88 Å². The molecule has 0 spiro atoms. The van der Waals surface area contributed by atoms with Gasteiger partial charge in [-0.2, -0.15) is 0 Å². The van der Waals surface area contributed by atoms with E-state index < -0.39 is 5.97 Å². The van der Waals surface area contributed by atoms with Crippen molar-refractivity contribution >= 4 is 34.1 Å². The predicted octanol–water partition coefficient (Wildman–Crippen LogP) is 1.90. The Hall–Kier alpha value is -1.69. The number of anilines is 1. The summed E-state index contributed by atoms with van der Waals surface area (Å²) in [6, 6.07) is 1.58. The third-order valence-electron chi connectivity index (χ3n) is 3.29. The van der Waals surface area contributed by atoms with Crippen molar-refractivity contribution in [3.63, 3.8) is 0 Å². The van der Waals surface area contributed by atoms with Crippen LogP contribution in [-0.4, -0.2) is 22.9 Å². The largest absolute Gasteiger partial charge is 0.477 e. The first-order chi connectivity index (χ1) is 8.34. The molecule has 1 aliphatic heterocycles. The van der Waals surface area contributed by atoms with Gasteiger partial charge in [-0.1, -0.05) is 13.8 Å². The first kappa shape index (κ1) is 12.8. The van der Waals surface area contributed by atoms with E-state index >= 15 is 0 Å². The number of rotatable bonds is 2. The molecule has 2 atom stereocenters. The van der Waals surface area contributed by atoms with Crippen LogP contribution in [0.5, 0.6) is 0 Å². The maximum atomic E-state index is 12.0. The maximum absolute atomic E-state index is 12.0. The Kier molecular flexibility index (Phi) is 2.98. The number of carboxylic acid groups (broad SMARTS) is 1. The van der Waals surface area contributed by atoms with E-state index in [9.17, 15) is 14.4 Å². The molecule has 0 radical (unpaired) electrons. The minimum Gasteiger partial charge on any atom is -0.477 e. The average Bonchev–Trinajstić information content (AvgIpc) is 2.76. The lowest BCUT2D eigenvalue weighted by atomic mass is 10.00. The topological polar surface area (TPSA) is 74.7 Å². The van der Waals surface area contributed by atoms with Crippen LogP contribution in [0.2, 0.25) is 0 Å². The molecule has 2 amide bonds. The first-order valence-corrected chi connectivity index (χ1v) is 6.37. The number of thiophene rings is 1. The zero-order chi connectivity index (χ0) is 13.6. The van der Waals surface area contributed by atoms with Crippen LogP contribution in [-0.2, 0) is 9.59 Å². The summed E-state index contributed by atoms with van der Waals surface area (Å²) in [7, 11) is 0. The second-order valence-electron chi connectivity index (χ2n) is 4.49. The first-order valence-electron chi connectivity index (χ1n) is 5.56. The molecule has 1 aliphatic rings. The molecule has 2 unspecified atom stereocenters. The number of amides is 2. The van der Waals surface area contributed by atoms with E-state index in [2.05, 4.69) is 0 Å². The van der Waals surface area contributed by atoms with E-state index in [0.29, 0.717) is 10.6 Å². The second kappa shape index (κ2) is 4.20. The molecule has 1 N–H and O–H groups in total. The lowest BCUT2D eigenvalue weighted by molar-refractivity contribution is -0.122. The number of imide groups is 1. The standard InChI is InChI=1S/C12H13NO4S/c1-5-4-8(18-9(5)12(16)17)13-10(14)6(2)7(3)11(13)15/h4,6-7H,1-3H3,(H,16,17). The van der Waals surface area contributed by atoms with Crippen molar-refractivity contribution in [1.82, 2.24) is 0 Å². The number of hydrogen-bond donors (Lipinski definition) is 1. The zero-order valence-electron chi connectivity index (χ0n) is 10.3. The molecule has 6 heteroatoms. The molecule has 96 valence electrons. The SMILES string of the molecule is Cc1cc(N2C(=O)C(C)C(C)C2=O)sc1C(=O)O. The van der Waals surface area contributed by atoms with Gasteiger partial charge in [-0.15, -0.1) is 11.3 Å². The monoisotopic (exact) mass is 267 g/mol. The molecule has 1 saturated heterocycles. The minimum absolute atomic E-state index is 0.165. The molecule has 0 aliphatic carbocycles. The van der Waals surface area contributed by atoms with Gasteiger partial charge >= 0.3 is 5.97 Å². The normalized spacial score (nSPS) is 23.8. The van der Waals surface area contributed by atoms with Gasteiger partial charge < -0.3 is 5.11 Å². The molecule has 1 fully saturated rings. The predicted molar refractivity (Wildman–Crippen MR) is 66.8 cm³/mol. The summed E-state index contributed by atoms with van der Waals surface area (Å²) in [5.41, 5.74) is 0.565. The molecule has 1 aromatic heterocycles. The van der Waals surface area contributed by atoms with Crippen molar-refractivity contribution in [2.24, 2.45) is 11.8 Å². The van der Waals surface area contributed by atoms with Gasteiger partial charge in [-0.3, -0.25) is 9.59 Å². The Morgan fingerprint density at radius 1 is 1.28 bits per heavy atom. The molecular formula is C12H13NO4S. The van der Waals surface area contributed by atoms with Crippen LogP contribution in [0.1, 0.15) is 29.1 Å². The van der Waals surface area contributed by atoms with Gasteiger partial charge in [0.15, 0.2) is 0 Å². The van der Waals surface area contributed by atoms with Crippen LogP contribution in [0, 0.1) is 18.8 Å². The molecule has 0 aromatic carbocycles. The van der Waals surface area contributed by atoms with Gasteiger partial charge in [0, 0.05) is 11.8 Å². The number of carbonyl (C=O) groups excluding carboxylic acids is 2. The summed E-state index contributed by atoms with van der Waals surface area (Å²) in [5.74, 6) is -2.26. The van der Waals surface area contributed by atoms with E-state index in [-0.39, 0.29) is 28.5 Å². The van der Waals surface area contributed by atoms with E-state index in [1.807, 2.05) is 0 Å². The lowest BCUT2D eigenvalue weighted by Gasteiger charge is -2.11. The molecule has 0 bridgehead atoms. The van der Waals surface area contributed by atoms with Gasteiger partial charge in [-0.25, -0.2) is 9.69 Å². The summed E-state index contributed by atoms with van der Waals surface area (Å²) in [4.78, 5) is 36.2. The fraction of sp³-hybridized carbons (Fsp3) is 0.417. The second-order valence-corrected chi connectivity index (χ2v) is 5.52. The van der Waals surface area contributed by atoms with Crippen LogP contribution in [0.25, 0.3) is 0 Å². The minimum atomic E-state index is -1.04. The van der Waals surface area contributed by atoms with E-state index in [4.69, 9.17) is 5.11 Å². The van der Waals surface area contributed by atoms with Crippen molar-refractivity contribution in [2.75, 3.05) is 4.90 Å². The molecule has 1 aromatic rings. The van der Waals surface area contributed by atoms with Crippen molar-refractivity contribution in [3.05, 3.63) is 16.5 Å². The van der Waals surface area contributed by atoms with Crippen molar-refractivity contribution in [2.45, 2.75) is 20.8 Å². The van der Waals surface area contributed by atoms with Gasteiger partial charge in [0.25, 0.3) is 0 Å². The fourth-order valence-electron chi connectivity index (χ4n) is 1.95. The molecule has 2 heterocycles. The van der Waals surface area contributed by atoms with Crippen LogP contribution >= 0.6 is 11.3 Å². The number of aryl methyl sites for hydroxylation is 1. The molecule has 2 rings (SSSR count). The van der Waals surface area contributed by atoms with Crippen LogP contribution in [0.15, 0.2) is 6.07 Å². The van der Waals surface area contributed by atoms with E-state index in [1.54, 1.807) is 26.8 Å². The Morgan fingerprint density at radius 3 is 2.17 bits per heavy atom. The van der Waals surface area contributed by atoms with E-state index in [1.165, 1.54) is 0 Å². The Bertz CT molecular complexity index is 528. The molecule has 18 heavy (non-hydrogen) atoms. The molecular weight excluding hydrogens is 254 g/mol. The third-order valence-corrected chi connectivity index (χ3v) is 4.50. The van der Waals surface area contributed by atoms with Gasteiger partial charge in [0.2, 0.25) is 11.8 Å². The van der Waals surface area contributed by atoms with Crippen molar-refractivity contribution in [1.29, 1.82) is 0 Å². The smallest absolute Gasteiger partial charge is 0.346 e. The van der Waals surface area contributed by atoms with Crippen LogP contribution in [0.4, 0.5) is 5.00 Å². The van der Waals surface area contributed by atoms with Crippen LogP contribution < -0.4 is 4.90 Å². The summed E-state index contributed by atoms with van der Waals surface area (Å²) >= 11 is 0.961. The van der Waals surface area contributed by atoms with Crippen molar-refractivity contribution < 1.29 is 19.5 Å². The number of carbonyl (C=O) groups is 3. The Morgan fingerprint density at radius 2 is 1.78 bits per heavy atom. The van der Waals surface area contributed by atoms with Crippen LogP contribution in [0.3, 0.4) is 0 Å². The van der Waals surface area contributed by atoms with Crippen molar-refractivity contribution in [3.8, 4) is 0 Å². The highest BCUT2D eigenvalue weighted by molar-refractivity contribution is 7.18. The highest BCUT2D eigenvalue weighted by atomic mass is 32.1. The highest BCUT2D eigenvalue weighted by Crippen LogP contribution is 2.36. The number of aromatic carboxylic acids is 1. The average molecular weight is 267 g/mol. The highest BCUT2D eigenvalue weighted by Gasteiger charge is 2.43. The number of nitrogens with zero attached hydrogens (tertiary/aromatic N) is 1. The number of carboxylic acids is 1. The van der Waals surface area contributed by atoms with Gasteiger partial charge in [0.05, 0.1) is 0 Å². The fourth-order valence-corrected chi connectivity index (χ4v) is 2.97. The molecule has 5 nitrogen and oxygen atoms in total. The quantitative estimate of drug-likeness (QED) is 0.830. The summed E-state index contributed by atoms with van der Waals surface area (Å²) in [6.07, 6.45) is 0. The summed E-state index contributed by atoms with van der Waals surface area (Å²) < 4.78 is 0. The van der Waals surface area contributed by atoms with Gasteiger partial charge in [-0.05, 0) is 18.6 Å². The Labute approximate surface area is 108 Å². The Balaban J connectivity index is 2.44.